The Kier molecular flexibility index (Phi) is 4.89. The van der Waals surface area contributed by atoms with Crippen LogP contribution in [0.25, 0.3) is 0 Å². The molecule has 0 aromatic heterocycles. The van der Waals surface area contributed by atoms with Crippen molar-refractivity contribution in [3.63, 3.8) is 0 Å². The Morgan fingerprint density at radius 2 is 2.20 bits per heavy atom. The number of rotatable bonds is 5. The molecule has 0 amide bonds. The number of benzene rings is 1. The summed E-state index contributed by atoms with van der Waals surface area (Å²) in [5.41, 5.74) is 6.91. The van der Waals surface area contributed by atoms with Gasteiger partial charge in [0.05, 0.1) is 13.7 Å². The smallest absolute Gasteiger partial charge is 0.163 e. The SMILES string of the molecule is COc1c(CC(C)(C)N)cccc1OC1CCCOC1. The Morgan fingerprint density at radius 1 is 1.40 bits per heavy atom. The van der Waals surface area contributed by atoms with Crippen LogP contribution in [-0.4, -0.2) is 32.0 Å². The summed E-state index contributed by atoms with van der Waals surface area (Å²) in [7, 11) is 1.67. The lowest BCUT2D eigenvalue weighted by Crippen LogP contribution is -2.34. The van der Waals surface area contributed by atoms with Crippen LogP contribution >= 0.6 is 0 Å². The number of methoxy groups -OCH3 is 1. The van der Waals surface area contributed by atoms with E-state index in [1.54, 1.807) is 7.11 Å². The highest BCUT2D eigenvalue weighted by Gasteiger charge is 2.21. The molecule has 1 unspecified atom stereocenters. The normalized spacial score (nSPS) is 19.7. The highest BCUT2D eigenvalue weighted by Crippen LogP contribution is 2.34. The molecule has 1 aliphatic rings. The van der Waals surface area contributed by atoms with E-state index >= 15 is 0 Å². The molecule has 112 valence electrons. The molecule has 4 nitrogen and oxygen atoms in total. The zero-order valence-corrected chi connectivity index (χ0v) is 12.6. The van der Waals surface area contributed by atoms with Crippen LogP contribution in [0, 0.1) is 0 Å². The maximum atomic E-state index is 6.11. The van der Waals surface area contributed by atoms with Crippen LogP contribution in [0.1, 0.15) is 32.3 Å². The van der Waals surface area contributed by atoms with Crippen LogP contribution in [0.2, 0.25) is 0 Å². The second kappa shape index (κ2) is 6.46. The summed E-state index contributed by atoms with van der Waals surface area (Å²) in [4.78, 5) is 0. The summed E-state index contributed by atoms with van der Waals surface area (Å²) in [6, 6.07) is 5.97. The molecule has 1 atom stereocenters. The average molecular weight is 279 g/mol. The van der Waals surface area contributed by atoms with E-state index in [4.69, 9.17) is 19.9 Å². The van der Waals surface area contributed by atoms with E-state index in [1.165, 1.54) is 0 Å². The van der Waals surface area contributed by atoms with Gasteiger partial charge in [-0.25, -0.2) is 0 Å². The minimum Gasteiger partial charge on any atom is -0.493 e. The minimum absolute atomic E-state index is 0.110. The summed E-state index contributed by atoms with van der Waals surface area (Å²) in [5.74, 6) is 1.57. The molecular weight excluding hydrogens is 254 g/mol. The van der Waals surface area contributed by atoms with E-state index in [1.807, 2.05) is 32.0 Å². The molecule has 1 aromatic carbocycles. The predicted octanol–water partition coefficient (Wildman–Crippen LogP) is 2.53. The predicted molar refractivity (Wildman–Crippen MR) is 79.4 cm³/mol. The van der Waals surface area contributed by atoms with Gasteiger partial charge in [0.15, 0.2) is 11.5 Å². The Bertz CT molecular complexity index is 434. The third-order valence-corrected chi connectivity index (χ3v) is 3.32. The quantitative estimate of drug-likeness (QED) is 0.900. The Labute approximate surface area is 121 Å². The van der Waals surface area contributed by atoms with E-state index in [0.717, 1.165) is 42.9 Å². The van der Waals surface area contributed by atoms with Gasteiger partial charge in [-0.15, -0.1) is 0 Å². The van der Waals surface area contributed by atoms with Gasteiger partial charge >= 0.3 is 0 Å². The van der Waals surface area contributed by atoms with E-state index in [9.17, 15) is 0 Å². The topological polar surface area (TPSA) is 53.7 Å². The number of nitrogens with two attached hydrogens (primary N) is 1. The minimum atomic E-state index is -0.278. The zero-order chi connectivity index (χ0) is 14.6. The second-order valence-corrected chi connectivity index (χ2v) is 6.07. The molecule has 1 fully saturated rings. The second-order valence-electron chi connectivity index (χ2n) is 6.07. The number of para-hydroxylation sites is 1. The molecule has 1 aromatic rings. The van der Waals surface area contributed by atoms with Gasteiger partial charge in [-0.3, -0.25) is 0 Å². The largest absolute Gasteiger partial charge is 0.493 e. The van der Waals surface area contributed by atoms with Crippen LogP contribution in [0.15, 0.2) is 18.2 Å². The van der Waals surface area contributed by atoms with Crippen LogP contribution in [0.4, 0.5) is 0 Å². The molecule has 0 radical (unpaired) electrons. The molecule has 0 aliphatic carbocycles. The van der Waals surface area contributed by atoms with Crippen LogP contribution < -0.4 is 15.2 Å². The van der Waals surface area contributed by atoms with Crippen LogP contribution in [-0.2, 0) is 11.2 Å². The maximum Gasteiger partial charge on any atom is 0.163 e. The first-order valence-electron chi connectivity index (χ1n) is 7.19. The van der Waals surface area contributed by atoms with E-state index in [2.05, 4.69) is 0 Å². The highest BCUT2D eigenvalue weighted by molar-refractivity contribution is 5.47. The zero-order valence-electron chi connectivity index (χ0n) is 12.6. The lowest BCUT2D eigenvalue weighted by atomic mass is 9.95. The summed E-state index contributed by atoms with van der Waals surface area (Å²) in [6.07, 6.45) is 2.92. The fraction of sp³-hybridized carbons (Fsp3) is 0.625. The molecule has 1 aliphatic heterocycles. The van der Waals surface area contributed by atoms with Gasteiger partial charge in [-0.1, -0.05) is 12.1 Å². The molecule has 20 heavy (non-hydrogen) atoms. The van der Waals surface area contributed by atoms with Gasteiger partial charge < -0.3 is 19.9 Å². The molecule has 1 saturated heterocycles. The van der Waals surface area contributed by atoms with Crippen molar-refractivity contribution in [2.45, 2.75) is 44.8 Å². The van der Waals surface area contributed by atoms with Crippen molar-refractivity contribution >= 4 is 0 Å². The van der Waals surface area contributed by atoms with Crippen molar-refractivity contribution in [1.82, 2.24) is 0 Å². The molecule has 0 spiro atoms. The van der Waals surface area contributed by atoms with Gasteiger partial charge in [-0.05, 0) is 44.7 Å². The molecule has 1 heterocycles. The lowest BCUT2D eigenvalue weighted by molar-refractivity contribution is 0.00638. The first-order chi connectivity index (χ1) is 9.49. The van der Waals surface area contributed by atoms with Gasteiger partial charge in [0.2, 0.25) is 0 Å². The van der Waals surface area contributed by atoms with Crippen LogP contribution in [0.3, 0.4) is 0 Å². The van der Waals surface area contributed by atoms with Gasteiger partial charge in [0.1, 0.15) is 6.10 Å². The fourth-order valence-electron chi connectivity index (χ4n) is 2.50. The Morgan fingerprint density at radius 3 is 2.80 bits per heavy atom. The third-order valence-electron chi connectivity index (χ3n) is 3.32. The number of hydrogen-bond donors (Lipinski definition) is 1. The molecular formula is C16H25NO3. The Hall–Kier alpha value is -1.26. The first-order valence-corrected chi connectivity index (χ1v) is 7.19. The van der Waals surface area contributed by atoms with Gasteiger partial charge in [0, 0.05) is 12.1 Å². The lowest BCUT2D eigenvalue weighted by Gasteiger charge is -2.26. The summed E-state index contributed by atoms with van der Waals surface area (Å²) >= 11 is 0. The van der Waals surface area contributed by atoms with Crippen molar-refractivity contribution in [1.29, 1.82) is 0 Å². The van der Waals surface area contributed by atoms with Crippen molar-refractivity contribution in [2.24, 2.45) is 5.73 Å². The fourth-order valence-corrected chi connectivity index (χ4v) is 2.50. The summed E-state index contributed by atoms with van der Waals surface area (Å²) in [6.45, 7) is 5.50. The molecule has 0 saturated carbocycles. The average Bonchev–Trinajstić information content (AvgIpc) is 2.38. The highest BCUT2D eigenvalue weighted by atomic mass is 16.5. The summed E-state index contributed by atoms with van der Waals surface area (Å²) in [5, 5.41) is 0. The van der Waals surface area contributed by atoms with Crippen LogP contribution in [0.5, 0.6) is 11.5 Å². The molecule has 0 bridgehead atoms. The number of ether oxygens (including phenoxy) is 3. The number of hydrogen-bond acceptors (Lipinski definition) is 4. The maximum absolute atomic E-state index is 6.11. The monoisotopic (exact) mass is 279 g/mol. The van der Waals surface area contributed by atoms with Crippen molar-refractivity contribution in [2.75, 3.05) is 20.3 Å². The van der Waals surface area contributed by atoms with Gasteiger partial charge in [0.25, 0.3) is 0 Å². The summed E-state index contributed by atoms with van der Waals surface area (Å²) < 4.78 is 17.0. The van der Waals surface area contributed by atoms with Crippen molar-refractivity contribution < 1.29 is 14.2 Å². The van der Waals surface area contributed by atoms with Crippen molar-refractivity contribution in [3.8, 4) is 11.5 Å². The first kappa shape index (κ1) is 15.1. The van der Waals surface area contributed by atoms with E-state index in [-0.39, 0.29) is 11.6 Å². The molecule has 2 N–H and O–H groups in total. The third kappa shape index (κ3) is 4.12. The van der Waals surface area contributed by atoms with E-state index in [0.29, 0.717) is 6.61 Å². The molecule has 2 rings (SSSR count). The molecule has 4 heteroatoms. The van der Waals surface area contributed by atoms with E-state index < -0.39 is 0 Å². The van der Waals surface area contributed by atoms with Gasteiger partial charge in [-0.2, -0.15) is 0 Å². The standard InChI is InChI=1S/C16H25NO3/c1-16(2,17)10-12-6-4-8-14(15(12)18-3)20-13-7-5-9-19-11-13/h4,6,8,13H,5,7,9-11,17H2,1-3H3. The van der Waals surface area contributed by atoms with Crippen molar-refractivity contribution in [3.05, 3.63) is 23.8 Å². The Balaban J connectivity index is 2.17.